The van der Waals surface area contributed by atoms with Gasteiger partial charge in [-0.3, -0.25) is 9.59 Å². The first-order valence-corrected chi connectivity index (χ1v) is 6.81. The molecule has 0 aromatic carbocycles. The van der Waals surface area contributed by atoms with Crippen molar-refractivity contribution < 1.29 is 19.4 Å². The van der Waals surface area contributed by atoms with Gasteiger partial charge in [-0.2, -0.15) is 0 Å². The lowest BCUT2D eigenvalue weighted by atomic mass is 9.86. The van der Waals surface area contributed by atoms with E-state index in [1.54, 1.807) is 0 Å². The van der Waals surface area contributed by atoms with Gasteiger partial charge in [-0.1, -0.05) is 0 Å². The van der Waals surface area contributed by atoms with E-state index in [0.717, 1.165) is 32.1 Å². The van der Waals surface area contributed by atoms with E-state index in [0.29, 0.717) is 19.4 Å². The van der Waals surface area contributed by atoms with Crippen molar-refractivity contribution in [2.75, 3.05) is 6.61 Å². The number of rotatable bonds is 3. The molecule has 2 rings (SSSR count). The van der Waals surface area contributed by atoms with Gasteiger partial charge >= 0.3 is 5.97 Å². The van der Waals surface area contributed by atoms with E-state index < -0.39 is 5.97 Å². The second-order valence-corrected chi connectivity index (χ2v) is 5.25. The Bertz CT molecular complexity index is 304. The van der Waals surface area contributed by atoms with Gasteiger partial charge in [-0.05, 0) is 44.9 Å². The lowest BCUT2D eigenvalue weighted by Crippen LogP contribution is -2.45. The zero-order valence-electron chi connectivity index (χ0n) is 10.6. The molecule has 1 heterocycles. The Kier molecular flexibility index (Phi) is 4.58. The van der Waals surface area contributed by atoms with E-state index in [-0.39, 0.29) is 24.0 Å². The molecule has 1 aliphatic carbocycles. The van der Waals surface area contributed by atoms with Crippen molar-refractivity contribution in [3.63, 3.8) is 0 Å². The molecule has 2 N–H and O–H groups in total. The van der Waals surface area contributed by atoms with Gasteiger partial charge in [0.1, 0.15) is 6.10 Å². The van der Waals surface area contributed by atoms with Gasteiger partial charge in [-0.15, -0.1) is 0 Å². The highest BCUT2D eigenvalue weighted by molar-refractivity contribution is 5.81. The van der Waals surface area contributed by atoms with Crippen molar-refractivity contribution in [2.45, 2.75) is 57.1 Å². The molecule has 1 saturated carbocycles. The lowest BCUT2D eigenvalue weighted by Gasteiger charge is -2.29. The average Bonchev–Trinajstić information content (AvgIpc) is 2.40. The number of hydrogen-bond donors (Lipinski definition) is 2. The Labute approximate surface area is 107 Å². The van der Waals surface area contributed by atoms with Gasteiger partial charge in [0, 0.05) is 12.6 Å². The first-order chi connectivity index (χ1) is 8.66. The van der Waals surface area contributed by atoms with Gasteiger partial charge in [0.25, 0.3) is 0 Å². The largest absolute Gasteiger partial charge is 0.481 e. The SMILES string of the molecule is O=C(O)C1CCC(NC(=O)C2CCCCO2)CC1. The normalized spacial score (nSPS) is 32.8. The summed E-state index contributed by atoms with van der Waals surface area (Å²) in [7, 11) is 0. The van der Waals surface area contributed by atoms with E-state index >= 15 is 0 Å². The van der Waals surface area contributed by atoms with Crippen molar-refractivity contribution in [1.29, 1.82) is 0 Å². The lowest BCUT2D eigenvalue weighted by molar-refractivity contribution is -0.143. The Balaban J connectivity index is 1.73. The first kappa shape index (κ1) is 13.3. The summed E-state index contributed by atoms with van der Waals surface area (Å²) < 4.78 is 5.43. The van der Waals surface area contributed by atoms with Gasteiger partial charge in [0.05, 0.1) is 5.92 Å². The van der Waals surface area contributed by atoms with Crippen LogP contribution in [0.4, 0.5) is 0 Å². The second-order valence-electron chi connectivity index (χ2n) is 5.25. The van der Waals surface area contributed by atoms with E-state index in [9.17, 15) is 9.59 Å². The number of carbonyl (C=O) groups excluding carboxylic acids is 1. The number of amides is 1. The van der Waals surface area contributed by atoms with Crippen LogP contribution in [-0.4, -0.2) is 35.7 Å². The highest BCUT2D eigenvalue weighted by atomic mass is 16.5. The number of hydrogen-bond acceptors (Lipinski definition) is 3. The Morgan fingerprint density at radius 3 is 2.33 bits per heavy atom. The molecule has 102 valence electrons. The van der Waals surface area contributed by atoms with Crippen molar-refractivity contribution in [3.8, 4) is 0 Å². The first-order valence-electron chi connectivity index (χ1n) is 6.81. The van der Waals surface area contributed by atoms with E-state index in [1.165, 1.54) is 0 Å². The van der Waals surface area contributed by atoms with Crippen molar-refractivity contribution in [3.05, 3.63) is 0 Å². The molecule has 2 fully saturated rings. The maximum atomic E-state index is 11.9. The molecule has 0 spiro atoms. The highest BCUT2D eigenvalue weighted by Crippen LogP contribution is 2.24. The monoisotopic (exact) mass is 255 g/mol. The maximum absolute atomic E-state index is 11.9. The van der Waals surface area contributed by atoms with Crippen LogP contribution in [0.3, 0.4) is 0 Å². The zero-order chi connectivity index (χ0) is 13.0. The van der Waals surface area contributed by atoms with E-state index in [2.05, 4.69) is 5.32 Å². The molecule has 18 heavy (non-hydrogen) atoms. The molecular formula is C13H21NO4. The minimum absolute atomic E-state index is 0.0199. The van der Waals surface area contributed by atoms with Crippen molar-refractivity contribution in [2.24, 2.45) is 5.92 Å². The molecule has 0 radical (unpaired) electrons. The standard InChI is InChI=1S/C13H21NO4/c15-12(11-3-1-2-8-18-11)14-10-6-4-9(5-7-10)13(16)17/h9-11H,1-8H2,(H,14,15)(H,16,17). The van der Waals surface area contributed by atoms with Crippen LogP contribution in [0.5, 0.6) is 0 Å². The number of carboxylic acids is 1. The fourth-order valence-corrected chi connectivity index (χ4v) is 2.73. The predicted molar refractivity (Wildman–Crippen MR) is 65.1 cm³/mol. The topological polar surface area (TPSA) is 75.6 Å². The van der Waals surface area contributed by atoms with Crippen LogP contribution in [0.1, 0.15) is 44.9 Å². The van der Waals surface area contributed by atoms with E-state index in [1.807, 2.05) is 0 Å². The Morgan fingerprint density at radius 2 is 1.78 bits per heavy atom. The van der Waals surface area contributed by atoms with Crippen LogP contribution >= 0.6 is 0 Å². The van der Waals surface area contributed by atoms with Crippen LogP contribution < -0.4 is 5.32 Å². The maximum Gasteiger partial charge on any atom is 0.306 e. The summed E-state index contributed by atoms with van der Waals surface area (Å²) in [6.45, 7) is 0.670. The molecule has 0 bridgehead atoms. The number of aliphatic carboxylic acids is 1. The summed E-state index contributed by atoms with van der Waals surface area (Å²) in [6.07, 6.45) is 5.42. The molecule has 0 aromatic rings. The van der Waals surface area contributed by atoms with E-state index in [4.69, 9.17) is 9.84 Å². The molecule has 5 heteroatoms. The third-order valence-corrected chi connectivity index (χ3v) is 3.89. The summed E-state index contributed by atoms with van der Waals surface area (Å²) in [5, 5.41) is 11.9. The van der Waals surface area contributed by atoms with Crippen LogP contribution in [0.2, 0.25) is 0 Å². The van der Waals surface area contributed by atoms with Gasteiger partial charge < -0.3 is 15.2 Å². The van der Waals surface area contributed by atoms with Gasteiger partial charge in [0.2, 0.25) is 5.91 Å². The van der Waals surface area contributed by atoms with Crippen LogP contribution in [0, 0.1) is 5.92 Å². The molecular weight excluding hydrogens is 234 g/mol. The van der Waals surface area contributed by atoms with Gasteiger partial charge in [-0.25, -0.2) is 0 Å². The molecule has 2 aliphatic rings. The van der Waals surface area contributed by atoms with Crippen LogP contribution in [0.25, 0.3) is 0 Å². The summed E-state index contributed by atoms with van der Waals surface area (Å²) in [5.41, 5.74) is 0. The summed E-state index contributed by atoms with van der Waals surface area (Å²) >= 11 is 0. The summed E-state index contributed by atoms with van der Waals surface area (Å²) in [5.74, 6) is -0.965. The fourth-order valence-electron chi connectivity index (χ4n) is 2.73. The number of carbonyl (C=O) groups is 2. The van der Waals surface area contributed by atoms with Gasteiger partial charge in [0.15, 0.2) is 0 Å². The highest BCUT2D eigenvalue weighted by Gasteiger charge is 2.29. The summed E-state index contributed by atoms with van der Waals surface area (Å²) in [6, 6.07) is 0.124. The number of nitrogens with one attached hydrogen (secondary N) is 1. The Morgan fingerprint density at radius 1 is 1.06 bits per heavy atom. The van der Waals surface area contributed by atoms with Crippen molar-refractivity contribution >= 4 is 11.9 Å². The molecule has 1 amide bonds. The van der Waals surface area contributed by atoms with Crippen molar-refractivity contribution in [1.82, 2.24) is 5.32 Å². The molecule has 1 aliphatic heterocycles. The predicted octanol–water partition coefficient (Wildman–Crippen LogP) is 1.32. The molecule has 0 aromatic heterocycles. The fraction of sp³-hybridized carbons (Fsp3) is 0.846. The molecule has 1 saturated heterocycles. The quantitative estimate of drug-likeness (QED) is 0.797. The average molecular weight is 255 g/mol. The third-order valence-electron chi connectivity index (χ3n) is 3.89. The molecule has 1 unspecified atom stereocenters. The second kappa shape index (κ2) is 6.18. The molecule has 1 atom stereocenters. The minimum Gasteiger partial charge on any atom is -0.481 e. The third kappa shape index (κ3) is 3.45. The van der Waals surface area contributed by atoms with Crippen LogP contribution in [0.15, 0.2) is 0 Å². The molecule has 5 nitrogen and oxygen atoms in total. The number of carboxylic acid groups (broad SMARTS) is 1. The Hall–Kier alpha value is -1.10. The number of ether oxygens (including phenoxy) is 1. The van der Waals surface area contributed by atoms with Crippen LogP contribution in [-0.2, 0) is 14.3 Å². The summed E-state index contributed by atoms with van der Waals surface area (Å²) in [4.78, 5) is 22.8. The minimum atomic E-state index is -0.713. The zero-order valence-corrected chi connectivity index (χ0v) is 10.6. The smallest absolute Gasteiger partial charge is 0.306 e.